The van der Waals surface area contributed by atoms with E-state index in [1.807, 2.05) is 113 Å². The molecule has 0 amide bonds. The standard InChI is InChI=1S/C37H30Cl2N2O/c1-21(33-23(3)40-31-11-7-5-9-29(31)35(33)25-13-17-27(38)18-14-25)37(42)22(2)34-24(4)41-32-12-8-6-10-30(32)36(34)26-15-19-28(39)20-16-26/h5-22H,1-4H3. The molecule has 6 aromatic rings. The van der Waals surface area contributed by atoms with E-state index >= 15 is 0 Å². The quantitative estimate of drug-likeness (QED) is 0.194. The van der Waals surface area contributed by atoms with Gasteiger partial charge >= 0.3 is 0 Å². The van der Waals surface area contributed by atoms with Gasteiger partial charge in [-0.05, 0) is 83.6 Å². The van der Waals surface area contributed by atoms with Gasteiger partial charge in [0.15, 0.2) is 0 Å². The lowest BCUT2D eigenvalue weighted by Crippen LogP contribution is -2.20. The number of benzene rings is 4. The van der Waals surface area contributed by atoms with E-state index in [1.54, 1.807) is 0 Å². The molecule has 2 aromatic heterocycles. The van der Waals surface area contributed by atoms with Crippen LogP contribution < -0.4 is 0 Å². The van der Waals surface area contributed by atoms with Crippen LogP contribution in [0.3, 0.4) is 0 Å². The van der Waals surface area contributed by atoms with Crippen LogP contribution in [-0.4, -0.2) is 15.8 Å². The number of hydrogen-bond donors (Lipinski definition) is 0. The number of fused-ring (bicyclic) bond motifs is 2. The molecule has 0 radical (unpaired) electrons. The monoisotopic (exact) mass is 588 g/mol. The zero-order valence-corrected chi connectivity index (χ0v) is 25.5. The Morgan fingerprint density at radius 2 is 0.929 bits per heavy atom. The van der Waals surface area contributed by atoms with Gasteiger partial charge in [-0.2, -0.15) is 0 Å². The van der Waals surface area contributed by atoms with Crippen molar-refractivity contribution in [3.63, 3.8) is 0 Å². The second kappa shape index (κ2) is 11.3. The highest BCUT2D eigenvalue weighted by atomic mass is 35.5. The second-order valence-corrected chi connectivity index (χ2v) is 11.7. The molecule has 208 valence electrons. The Hall–Kier alpha value is -4.05. The summed E-state index contributed by atoms with van der Waals surface area (Å²) in [5.74, 6) is -0.737. The van der Waals surface area contributed by atoms with Crippen LogP contribution in [0.5, 0.6) is 0 Å². The Bertz CT molecular complexity index is 1820. The smallest absolute Gasteiger partial charge is 0.147 e. The van der Waals surface area contributed by atoms with E-state index in [2.05, 4.69) is 12.1 Å². The molecule has 0 aliphatic heterocycles. The summed E-state index contributed by atoms with van der Waals surface area (Å²) in [5, 5.41) is 3.36. The molecule has 0 aliphatic rings. The lowest BCUT2D eigenvalue weighted by atomic mass is 9.78. The minimum Gasteiger partial charge on any atom is -0.298 e. The van der Waals surface area contributed by atoms with Crippen molar-refractivity contribution in [2.75, 3.05) is 0 Å². The van der Waals surface area contributed by atoms with Crippen LogP contribution in [0.1, 0.15) is 48.2 Å². The van der Waals surface area contributed by atoms with Gasteiger partial charge in [-0.1, -0.05) is 97.7 Å². The number of aromatic nitrogens is 2. The molecule has 0 spiro atoms. The minimum atomic E-state index is -0.424. The van der Waals surface area contributed by atoms with Crippen LogP contribution in [0.25, 0.3) is 44.1 Å². The van der Waals surface area contributed by atoms with Gasteiger partial charge < -0.3 is 0 Å². The molecule has 6 rings (SSSR count). The average molecular weight is 590 g/mol. The molecule has 5 heteroatoms. The summed E-state index contributed by atoms with van der Waals surface area (Å²) in [6, 6.07) is 31.8. The average Bonchev–Trinajstić information content (AvgIpc) is 2.99. The molecule has 2 unspecified atom stereocenters. The van der Waals surface area contributed by atoms with Crippen molar-refractivity contribution < 1.29 is 4.79 Å². The highest BCUT2D eigenvalue weighted by Crippen LogP contribution is 2.42. The number of ketones is 1. The molecule has 0 bridgehead atoms. The van der Waals surface area contributed by atoms with Gasteiger partial charge in [0.2, 0.25) is 0 Å². The first kappa shape index (κ1) is 28.1. The van der Waals surface area contributed by atoms with E-state index in [-0.39, 0.29) is 5.78 Å². The first-order valence-corrected chi connectivity index (χ1v) is 14.8. The largest absolute Gasteiger partial charge is 0.298 e. The van der Waals surface area contributed by atoms with Crippen molar-refractivity contribution in [1.82, 2.24) is 9.97 Å². The maximum absolute atomic E-state index is 14.6. The Kier molecular flexibility index (Phi) is 7.57. The summed E-state index contributed by atoms with van der Waals surface area (Å²) in [5.41, 5.74) is 9.42. The normalized spacial score (nSPS) is 12.9. The summed E-state index contributed by atoms with van der Waals surface area (Å²) in [4.78, 5) is 24.5. The highest BCUT2D eigenvalue weighted by Gasteiger charge is 2.31. The molecule has 3 nitrogen and oxygen atoms in total. The van der Waals surface area contributed by atoms with Crippen molar-refractivity contribution in [3.05, 3.63) is 130 Å². The SMILES string of the molecule is Cc1nc2ccccc2c(-c2ccc(Cl)cc2)c1C(C)C(=O)C(C)c1c(C)nc2ccccc2c1-c1ccc(Cl)cc1. The summed E-state index contributed by atoms with van der Waals surface area (Å²) in [6.45, 7) is 8.00. The van der Waals surface area contributed by atoms with Gasteiger partial charge in [0, 0.05) is 44.0 Å². The molecule has 42 heavy (non-hydrogen) atoms. The zero-order valence-electron chi connectivity index (χ0n) is 24.0. The van der Waals surface area contributed by atoms with E-state index in [1.165, 1.54) is 0 Å². The maximum atomic E-state index is 14.6. The fourth-order valence-corrected chi connectivity index (χ4v) is 6.53. The lowest BCUT2D eigenvalue weighted by Gasteiger charge is -2.25. The van der Waals surface area contributed by atoms with E-state index in [9.17, 15) is 4.79 Å². The summed E-state index contributed by atoms with van der Waals surface area (Å²) < 4.78 is 0. The third kappa shape index (κ3) is 4.98. The minimum absolute atomic E-state index is 0.112. The first-order chi connectivity index (χ1) is 20.2. The van der Waals surface area contributed by atoms with Crippen molar-refractivity contribution in [2.45, 2.75) is 39.5 Å². The number of para-hydroxylation sites is 2. The number of pyridine rings is 2. The second-order valence-electron chi connectivity index (χ2n) is 10.9. The Labute approximate surface area is 256 Å². The van der Waals surface area contributed by atoms with Crippen LogP contribution in [0.4, 0.5) is 0 Å². The van der Waals surface area contributed by atoms with Gasteiger partial charge in [-0.3, -0.25) is 14.8 Å². The Balaban J connectivity index is 1.54. The van der Waals surface area contributed by atoms with Crippen LogP contribution >= 0.6 is 23.2 Å². The number of halogens is 2. The van der Waals surface area contributed by atoms with E-state index < -0.39 is 11.8 Å². The van der Waals surface area contributed by atoms with Crippen molar-refractivity contribution in [3.8, 4) is 22.3 Å². The van der Waals surface area contributed by atoms with Crippen LogP contribution in [-0.2, 0) is 4.79 Å². The maximum Gasteiger partial charge on any atom is 0.147 e. The molecule has 2 heterocycles. The molecule has 0 saturated carbocycles. The number of Topliss-reactive ketones (excluding diaryl/α,β-unsaturated/α-hetero) is 1. The molecule has 0 aliphatic carbocycles. The number of carbonyl (C=O) groups is 1. The fraction of sp³-hybridized carbons (Fsp3) is 0.162. The van der Waals surface area contributed by atoms with Crippen LogP contribution in [0, 0.1) is 13.8 Å². The Morgan fingerprint density at radius 3 is 1.31 bits per heavy atom. The Morgan fingerprint density at radius 1 is 0.571 bits per heavy atom. The number of carbonyl (C=O) groups excluding carboxylic acids is 1. The highest BCUT2D eigenvalue weighted by molar-refractivity contribution is 6.31. The number of rotatable bonds is 6. The topological polar surface area (TPSA) is 42.9 Å². The summed E-state index contributed by atoms with van der Waals surface area (Å²) in [6.07, 6.45) is 0. The van der Waals surface area contributed by atoms with E-state index in [0.29, 0.717) is 10.0 Å². The number of aryl methyl sites for hydroxylation is 2. The van der Waals surface area contributed by atoms with Gasteiger partial charge in [-0.15, -0.1) is 0 Å². The van der Waals surface area contributed by atoms with Gasteiger partial charge in [0.05, 0.1) is 11.0 Å². The van der Waals surface area contributed by atoms with Gasteiger partial charge in [0.25, 0.3) is 0 Å². The van der Waals surface area contributed by atoms with Crippen molar-refractivity contribution >= 4 is 50.8 Å². The fourth-order valence-electron chi connectivity index (χ4n) is 6.27. The van der Waals surface area contributed by atoms with Crippen LogP contribution in [0.2, 0.25) is 10.0 Å². The summed E-state index contributed by atoms with van der Waals surface area (Å²) >= 11 is 12.5. The van der Waals surface area contributed by atoms with E-state index in [0.717, 1.165) is 66.6 Å². The van der Waals surface area contributed by atoms with Crippen molar-refractivity contribution in [1.29, 1.82) is 0 Å². The molecule has 2 atom stereocenters. The zero-order chi connectivity index (χ0) is 29.5. The molecule has 0 N–H and O–H groups in total. The number of nitrogens with zero attached hydrogens (tertiary/aromatic N) is 2. The number of hydrogen-bond acceptors (Lipinski definition) is 3. The molecule has 0 saturated heterocycles. The molecular formula is C37H30Cl2N2O. The van der Waals surface area contributed by atoms with Crippen LogP contribution in [0.15, 0.2) is 97.1 Å². The third-order valence-corrected chi connectivity index (χ3v) is 8.73. The predicted octanol–water partition coefficient (Wildman–Crippen LogP) is 10.5. The molecule has 4 aromatic carbocycles. The van der Waals surface area contributed by atoms with Crippen molar-refractivity contribution in [2.24, 2.45) is 0 Å². The van der Waals surface area contributed by atoms with Gasteiger partial charge in [0.1, 0.15) is 5.78 Å². The van der Waals surface area contributed by atoms with Gasteiger partial charge in [-0.25, -0.2) is 0 Å². The first-order valence-electron chi connectivity index (χ1n) is 14.1. The molecule has 0 fully saturated rings. The summed E-state index contributed by atoms with van der Waals surface area (Å²) in [7, 11) is 0. The predicted molar refractivity (Wildman–Crippen MR) is 176 cm³/mol. The van der Waals surface area contributed by atoms with E-state index in [4.69, 9.17) is 33.2 Å². The molecular weight excluding hydrogens is 559 g/mol. The third-order valence-electron chi connectivity index (χ3n) is 8.23. The lowest BCUT2D eigenvalue weighted by molar-refractivity contribution is -0.121.